The van der Waals surface area contributed by atoms with Crippen molar-refractivity contribution >= 4 is 11.6 Å². The second-order valence-electron chi connectivity index (χ2n) is 4.34. The molecule has 0 saturated carbocycles. The summed E-state index contributed by atoms with van der Waals surface area (Å²) in [5, 5.41) is 17.7. The van der Waals surface area contributed by atoms with Gasteiger partial charge in [0, 0.05) is 17.5 Å². The van der Waals surface area contributed by atoms with Crippen molar-refractivity contribution < 1.29 is 0 Å². The van der Waals surface area contributed by atoms with Crippen LogP contribution in [0.3, 0.4) is 0 Å². The van der Waals surface area contributed by atoms with Gasteiger partial charge in [0.2, 0.25) is 0 Å². The number of hydrogen-bond donors (Lipinski definition) is 0. The quantitative estimate of drug-likeness (QED) is 0.853. The Hall–Kier alpha value is -1.86. The molecule has 2 aromatic rings. The molecule has 4 nitrogen and oxygen atoms in total. The third kappa shape index (κ3) is 2.52. The maximum atomic E-state index is 9.05. The SMILES string of the molecule is CC(C)n1nnc(C#N)c1Cc1ccc(Cl)cc1. The first-order valence-electron chi connectivity index (χ1n) is 5.70. The predicted octanol–water partition coefficient (Wildman–Crippen LogP) is 2.97. The minimum absolute atomic E-state index is 0.182. The van der Waals surface area contributed by atoms with Crippen LogP contribution in [0.5, 0.6) is 0 Å². The lowest BCUT2D eigenvalue weighted by Gasteiger charge is -2.09. The molecule has 18 heavy (non-hydrogen) atoms. The molecule has 0 saturated heterocycles. The van der Waals surface area contributed by atoms with Crippen LogP contribution in [0.1, 0.15) is 36.8 Å². The molecule has 1 heterocycles. The van der Waals surface area contributed by atoms with Crippen LogP contribution < -0.4 is 0 Å². The maximum Gasteiger partial charge on any atom is 0.186 e. The Labute approximate surface area is 111 Å². The number of benzene rings is 1. The molecule has 0 N–H and O–H groups in total. The molecule has 1 aromatic carbocycles. The Balaban J connectivity index is 2.36. The van der Waals surface area contributed by atoms with Gasteiger partial charge in [-0.3, -0.25) is 0 Å². The number of hydrogen-bond acceptors (Lipinski definition) is 3. The Morgan fingerprint density at radius 3 is 2.56 bits per heavy atom. The molecule has 0 bridgehead atoms. The van der Waals surface area contributed by atoms with Gasteiger partial charge >= 0.3 is 0 Å². The highest BCUT2D eigenvalue weighted by atomic mass is 35.5. The fraction of sp³-hybridized carbons (Fsp3) is 0.308. The van der Waals surface area contributed by atoms with Gasteiger partial charge in [0.1, 0.15) is 6.07 Å². The largest absolute Gasteiger partial charge is 0.245 e. The first-order chi connectivity index (χ1) is 8.61. The molecular formula is C13H13ClN4. The molecule has 0 atom stereocenters. The molecule has 0 aliphatic rings. The molecule has 5 heteroatoms. The van der Waals surface area contributed by atoms with Gasteiger partial charge in [0.05, 0.1) is 5.69 Å². The lowest BCUT2D eigenvalue weighted by atomic mass is 10.1. The zero-order valence-corrected chi connectivity index (χ0v) is 11.0. The minimum Gasteiger partial charge on any atom is -0.245 e. The number of aromatic nitrogens is 3. The van der Waals surface area contributed by atoms with E-state index >= 15 is 0 Å². The van der Waals surface area contributed by atoms with Crippen LogP contribution in [0, 0.1) is 11.3 Å². The topological polar surface area (TPSA) is 54.5 Å². The summed E-state index contributed by atoms with van der Waals surface area (Å²) in [6, 6.07) is 9.83. The van der Waals surface area contributed by atoms with Crippen LogP contribution in [0.15, 0.2) is 24.3 Å². The fourth-order valence-electron chi connectivity index (χ4n) is 1.78. The first kappa shape index (κ1) is 12.6. The van der Waals surface area contributed by atoms with E-state index in [-0.39, 0.29) is 6.04 Å². The van der Waals surface area contributed by atoms with Gasteiger partial charge in [-0.15, -0.1) is 5.10 Å². The fourth-order valence-corrected chi connectivity index (χ4v) is 1.90. The van der Waals surface area contributed by atoms with Gasteiger partial charge in [0.15, 0.2) is 5.69 Å². The van der Waals surface area contributed by atoms with Crippen molar-refractivity contribution in [2.75, 3.05) is 0 Å². The summed E-state index contributed by atoms with van der Waals surface area (Å²) in [6.45, 7) is 4.03. The summed E-state index contributed by atoms with van der Waals surface area (Å²) in [4.78, 5) is 0. The van der Waals surface area contributed by atoms with Crippen LogP contribution in [-0.4, -0.2) is 15.0 Å². The van der Waals surface area contributed by atoms with Crippen molar-refractivity contribution in [2.45, 2.75) is 26.3 Å². The molecule has 0 amide bonds. The summed E-state index contributed by atoms with van der Waals surface area (Å²) >= 11 is 5.85. The lowest BCUT2D eigenvalue weighted by molar-refractivity contribution is 0.497. The number of rotatable bonds is 3. The molecule has 92 valence electrons. The summed E-state index contributed by atoms with van der Waals surface area (Å²) in [7, 11) is 0. The second-order valence-corrected chi connectivity index (χ2v) is 4.77. The van der Waals surface area contributed by atoms with Gasteiger partial charge < -0.3 is 0 Å². The van der Waals surface area contributed by atoms with E-state index < -0.39 is 0 Å². The molecule has 0 aliphatic carbocycles. The van der Waals surface area contributed by atoms with Crippen molar-refractivity contribution in [3.05, 3.63) is 46.2 Å². The predicted molar refractivity (Wildman–Crippen MR) is 69.4 cm³/mol. The van der Waals surface area contributed by atoms with Crippen LogP contribution in [-0.2, 0) is 6.42 Å². The Kier molecular flexibility index (Phi) is 3.63. The van der Waals surface area contributed by atoms with Crippen molar-refractivity contribution in [3.8, 4) is 6.07 Å². The third-order valence-electron chi connectivity index (χ3n) is 2.67. The van der Waals surface area contributed by atoms with E-state index in [2.05, 4.69) is 16.4 Å². The number of nitriles is 1. The molecule has 0 spiro atoms. The average molecular weight is 261 g/mol. The van der Waals surface area contributed by atoms with Crippen molar-refractivity contribution in [2.24, 2.45) is 0 Å². The van der Waals surface area contributed by atoms with E-state index in [1.54, 1.807) is 4.68 Å². The maximum absolute atomic E-state index is 9.05. The monoisotopic (exact) mass is 260 g/mol. The van der Waals surface area contributed by atoms with Gasteiger partial charge in [-0.25, -0.2) is 4.68 Å². The Morgan fingerprint density at radius 2 is 2.00 bits per heavy atom. The summed E-state index contributed by atoms with van der Waals surface area (Å²) in [6.07, 6.45) is 0.630. The van der Waals surface area contributed by atoms with Crippen LogP contribution >= 0.6 is 11.6 Å². The van der Waals surface area contributed by atoms with E-state index in [9.17, 15) is 0 Å². The smallest absolute Gasteiger partial charge is 0.186 e. The second kappa shape index (κ2) is 5.19. The standard InChI is InChI=1S/C13H13ClN4/c1-9(2)18-13(12(8-15)16-17-18)7-10-3-5-11(14)6-4-10/h3-6,9H,7H2,1-2H3. The molecule has 0 aliphatic heterocycles. The Morgan fingerprint density at radius 1 is 1.33 bits per heavy atom. The van der Waals surface area contributed by atoms with Crippen molar-refractivity contribution in [1.82, 2.24) is 15.0 Å². The van der Waals surface area contributed by atoms with E-state index in [4.69, 9.17) is 16.9 Å². The van der Waals surface area contributed by atoms with Gasteiger partial charge in [0.25, 0.3) is 0 Å². The summed E-state index contributed by atoms with van der Waals surface area (Å²) in [5.41, 5.74) is 2.31. The van der Waals surface area contributed by atoms with Gasteiger partial charge in [-0.05, 0) is 31.5 Å². The summed E-state index contributed by atoms with van der Waals surface area (Å²) < 4.78 is 1.78. The number of nitrogens with zero attached hydrogens (tertiary/aromatic N) is 4. The van der Waals surface area contributed by atoms with Gasteiger partial charge in [-0.2, -0.15) is 5.26 Å². The molecule has 2 rings (SSSR count). The normalized spacial score (nSPS) is 10.6. The van der Waals surface area contributed by atoms with Crippen LogP contribution in [0.25, 0.3) is 0 Å². The lowest BCUT2D eigenvalue weighted by Crippen LogP contribution is -2.08. The highest BCUT2D eigenvalue weighted by Crippen LogP contribution is 2.17. The highest BCUT2D eigenvalue weighted by molar-refractivity contribution is 6.30. The van der Waals surface area contributed by atoms with Crippen molar-refractivity contribution in [3.63, 3.8) is 0 Å². The first-order valence-corrected chi connectivity index (χ1v) is 6.08. The van der Waals surface area contributed by atoms with E-state index in [1.807, 2.05) is 38.1 Å². The van der Waals surface area contributed by atoms with Gasteiger partial charge in [-0.1, -0.05) is 28.9 Å². The van der Waals surface area contributed by atoms with E-state index in [0.717, 1.165) is 11.3 Å². The van der Waals surface area contributed by atoms with E-state index in [0.29, 0.717) is 17.1 Å². The van der Waals surface area contributed by atoms with Crippen molar-refractivity contribution in [1.29, 1.82) is 5.26 Å². The molecule has 0 fully saturated rings. The van der Waals surface area contributed by atoms with E-state index in [1.165, 1.54) is 0 Å². The minimum atomic E-state index is 0.182. The molecule has 0 radical (unpaired) electrons. The van der Waals surface area contributed by atoms with Crippen LogP contribution in [0.2, 0.25) is 5.02 Å². The molecule has 0 unspecified atom stereocenters. The zero-order valence-electron chi connectivity index (χ0n) is 10.3. The average Bonchev–Trinajstić information content (AvgIpc) is 2.75. The van der Waals surface area contributed by atoms with Crippen LogP contribution in [0.4, 0.5) is 0 Å². The number of halogens is 1. The molecule has 1 aromatic heterocycles. The Bertz CT molecular complexity index is 578. The molecular weight excluding hydrogens is 248 g/mol. The zero-order chi connectivity index (χ0) is 13.1. The summed E-state index contributed by atoms with van der Waals surface area (Å²) in [5.74, 6) is 0. The highest BCUT2D eigenvalue weighted by Gasteiger charge is 2.14. The third-order valence-corrected chi connectivity index (χ3v) is 2.92.